The average Bonchev–Trinajstić information content (AvgIpc) is 2.33. The molecular formula is C13H15N3. The van der Waals surface area contributed by atoms with Crippen LogP contribution in [0.4, 0.5) is 0 Å². The van der Waals surface area contributed by atoms with Gasteiger partial charge in [0.05, 0.1) is 5.69 Å². The first-order chi connectivity index (χ1) is 7.72. The van der Waals surface area contributed by atoms with Crippen LogP contribution in [0.2, 0.25) is 0 Å². The molecule has 2 N–H and O–H groups in total. The lowest BCUT2D eigenvalue weighted by Gasteiger charge is -2.08. The molecule has 0 fully saturated rings. The fraction of sp³-hybridized carbons (Fsp3) is 0.231. The highest BCUT2D eigenvalue weighted by Crippen LogP contribution is 2.17. The summed E-state index contributed by atoms with van der Waals surface area (Å²) in [7, 11) is 0. The molecule has 0 bridgehead atoms. The van der Waals surface area contributed by atoms with E-state index in [1.165, 1.54) is 0 Å². The minimum absolute atomic E-state index is 0.453. The van der Waals surface area contributed by atoms with Crippen molar-refractivity contribution in [3.63, 3.8) is 0 Å². The van der Waals surface area contributed by atoms with Crippen molar-refractivity contribution in [3.8, 4) is 11.4 Å². The van der Waals surface area contributed by atoms with Gasteiger partial charge in [-0.05, 0) is 19.4 Å². The van der Waals surface area contributed by atoms with E-state index < -0.39 is 0 Å². The molecular weight excluding hydrogens is 198 g/mol. The highest BCUT2D eigenvalue weighted by molar-refractivity contribution is 5.55. The Kier molecular flexibility index (Phi) is 2.97. The van der Waals surface area contributed by atoms with Crippen molar-refractivity contribution in [2.75, 3.05) is 0 Å². The molecule has 3 nitrogen and oxygen atoms in total. The molecule has 2 rings (SSSR count). The van der Waals surface area contributed by atoms with Gasteiger partial charge in [0.1, 0.15) is 0 Å². The van der Waals surface area contributed by atoms with Crippen molar-refractivity contribution in [3.05, 3.63) is 47.3 Å². The van der Waals surface area contributed by atoms with Gasteiger partial charge >= 0.3 is 0 Å². The van der Waals surface area contributed by atoms with Gasteiger partial charge in [-0.15, -0.1) is 0 Å². The number of nitrogens with two attached hydrogens (primary N) is 1. The first kappa shape index (κ1) is 10.8. The normalized spacial score (nSPS) is 10.4. The zero-order valence-electron chi connectivity index (χ0n) is 9.57. The SMILES string of the molecule is Cc1nc(-c2ccccc2)nc(CN)c1C. The zero-order chi connectivity index (χ0) is 11.5. The summed E-state index contributed by atoms with van der Waals surface area (Å²) in [5.74, 6) is 0.754. The van der Waals surface area contributed by atoms with Crippen LogP contribution in [0.25, 0.3) is 11.4 Å². The Morgan fingerprint density at radius 1 is 1.06 bits per heavy atom. The Labute approximate surface area is 95.4 Å². The summed E-state index contributed by atoms with van der Waals surface area (Å²) >= 11 is 0. The molecule has 16 heavy (non-hydrogen) atoms. The van der Waals surface area contributed by atoms with Gasteiger partial charge in [-0.3, -0.25) is 0 Å². The maximum absolute atomic E-state index is 5.68. The van der Waals surface area contributed by atoms with E-state index in [9.17, 15) is 0 Å². The van der Waals surface area contributed by atoms with Crippen LogP contribution in [0.15, 0.2) is 30.3 Å². The van der Waals surface area contributed by atoms with E-state index in [4.69, 9.17) is 5.73 Å². The quantitative estimate of drug-likeness (QED) is 0.832. The highest BCUT2D eigenvalue weighted by Gasteiger charge is 2.07. The molecule has 82 valence electrons. The highest BCUT2D eigenvalue weighted by atomic mass is 14.9. The van der Waals surface area contributed by atoms with Gasteiger partial charge in [0, 0.05) is 17.8 Å². The van der Waals surface area contributed by atoms with Crippen LogP contribution in [-0.2, 0) is 6.54 Å². The standard InChI is InChI=1S/C13H15N3/c1-9-10(2)15-13(16-12(9)8-14)11-6-4-3-5-7-11/h3-7H,8,14H2,1-2H3. The first-order valence-electron chi connectivity index (χ1n) is 5.32. The van der Waals surface area contributed by atoms with Gasteiger partial charge in [-0.1, -0.05) is 30.3 Å². The molecule has 0 saturated heterocycles. The molecule has 0 amide bonds. The molecule has 2 aromatic rings. The largest absolute Gasteiger partial charge is 0.325 e. The Morgan fingerprint density at radius 3 is 2.38 bits per heavy atom. The average molecular weight is 213 g/mol. The van der Waals surface area contributed by atoms with Crippen molar-refractivity contribution in [1.82, 2.24) is 9.97 Å². The third-order valence-electron chi connectivity index (χ3n) is 2.72. The fourth-order valence-electron chi connectivity index (χ4n) is 1.60. The van der Waals surface area contributed by atoms with E-state index >= 15 is 0 Å². The van der Waals surface area contributed by atoms with Crippen molar-refractivity contribution >= 4 is 0 Å². The van der Waals surface area contributed by atoms with E-state index in [-0.39, 0.29) is 0 Å². The summed E-state index contributed by atoms with van der Waals surface area (Å²) in [4.78, 5) is 8.97. The lowest BCUT2D eigenvalue weighted by Crippen LogP contribution is -2.07. The third-order valence-corrected chi connectivity index (χ3v) is 2.72. The van der Waals surface area contributed by atoms with Crippen molar-refractivity contribution in [1.29, 1.82) is 0 Å². The number of hydrogen-bond acceptors (Lipinski definition) is 3. The van der Waals surface area contributed by atoms with E-state index in [1.807, 2.05) is 44.2 Å². The Hall–Kier alpha value is -1.74. The zero-order valence-corrected chi connectivity index (χ0v) is 9.57. The maximum atomic E-state index is 5.68. The van der Waals surface area contributed by atoms with Crippen LogP contribution in [0.5, 0.6) is 0 Å². The van der Waals surface area contributed by atoms with Crippen molar-refractivity contribution in [2.45, 2.75) is 20.4 Å². The van der Waals surface area contributed by atoms with Crippen molar-refractivity contribution in [2.24, 2.45) is 5.73 Å². The van der Waals surface area contributed by atoms with E-state index in [2.05, 4.69) is 9.97 Å². The molecule has 1 aromatic heterocycles. The second-order valence-electron chi connectivity index (χ2n) is 3.77. The molecule has 1 aromatic carbocycles. The topological polar surface area (TPSA) is 51.8 Å². The number of nitrogens with zero attached hydrogens (tertiary/aromatic N) is 2. The minimum atomic E-state index is 0.453. The summed E-state index contributed by atoms with van der Waals surface area (Å²) in [6.45, 7) is 4.45. The van der Waals surface area contributed by atoms with E-state index in [0.29, 0.717) is 6.54 Å². The maximum Gasteiger partial charge on any atom is 0.159 e. The molecule has 0 atom stereocenters. The molecule has 0 aliphatic carbocycles. The lowest BCUT2D eigenvalue weighted by molar-refractivity contribution is 0.926. The number of aryl methyl sites for hydroxylation is 1. The Morgan fingerprint density at radius 2 is 1.75 bits per heavy atom. The van der Waals surface area contributed by atoms with Crippen LogP contribution in [-0.4, -0.2) is 9.97 Å². The van der Waals surface area contributed by atoms with Gasteiger partial charge < -0.3 is 5.73 Å². The predicted octanol–water partition coefficient (Wildman–Crippen LogP) is 2.22. The summed E-state index contributed by atoms with van der Waals surface area (Å²) in [5, 5.41) is 0. The number of benzene rings is 1. The molecule has 0 aliphatic heterocycles. The molecule has 0 radical (unpaired) electrons. The van der Waals surface area contributed by atoms with E-state index in [1.54, 1.807) is 0 Å². The summed E-state index contributed by atoms with van der Waals surface area (Å²) < 4.78 is 0. The van der Waals surface area contributed by atoms with Crippen LogP contribution in [0.1, 0.15) is 17.0 Å². The first-order valence-corrected chi connectivity index (χ1v) is 5.32. The van der Waals surface area contributed by atoms with Gasteiger partial charge in [-0.2, -0.15) is 0 Å². The lowest BCUT2D eigenvalue weighted by atomic mass is 10.1. The third kappa shape index (κ3) is 1.95. The Balaban J connectivity index is 2.55. The molecule has 0 unspecified atom stereocenters. The van der Waals surface area contributed by atoms with Crippen LogP contribution < -0.4 is 5.73 Å². The van der Waals surface area contributed by atoms with Gasteiger partial charge in [-0.25, -0.2) is 9.97 Å². The van der Waals surface area contributed by atoms with Gasteiger partial charge in [0.2, 0.25) is 0 Å². The van der Waals surface area contributed by atoms with Crippen LogP contribution in [0.3, 0.4) is 0 Å². The summed E-state index contributed by atoms with van der Waals surface area (Å²) in [5.41, 5.74) is 9.71. The number of aromatic nitrogens is 2. The summed E-state index contributed by atoms with van der Waals surface area (Å²) in [6, 6.07) is 9.95. The molecule has 0 aliphatic rings. The summed E-state index contributed by atoms with van der Waals surface area (Å²) in [6.07, 6.45) is 0. The second-order valence-corrected chi connectivity index (χ2v) is 3.77. The predicted molar refractivity (Wildman–Crippen MR) is 64.8 cm³/mol. The molecule has 0 saturated carbocycles. The van der Waals surface area contributed by atoms with Crippen LogP contribution >= 0.6 is 0 Å². The van der Waals surface area contributed by atoms with Gasteiger partial charge in [0.25, 0.3) is 0 Å². The molecule has 1 heterocycles. The minimum Gasteiger partial charge on any atom is -0.325 e. The Bertz CT molecular complexity index is 492. The fourth-order valence-corrected chi connectivity index (χ4v) is 1.60. The second kappa shape index (κ2) is 4.41. The smallest absolute Gasteiger partial charge is 0.159 e. The number of hydrogen-bond donors (Lipinski definition) is 1. The molecule has 3 heteroatoms. The van der Waals surface area contributed by atoms with Crippen LogP contribution in [0, 0.1) is 13.8 Å². The number of rotatable bonds is 2. The molecule has 0 spiro atoms. The van der Waals surface area contributed by atoms with Crippen molar-refractivity contribution < 1.29 is 0 Å². The monoisotopic (exact) mass is 213 g/mol. The van der Waals surface area contributed by atoms with E-state index in [0.717, 1.165) is 28.3 Å². The van der Waals surface area contributed by atoms with Gasteiger partial charge in [0.15, 0.2) is 5.82 Å².